The van der Waals surface area contributed by atoms with Gasteiger partial charge in [-0.05, 0) is 48.7 Å². The van der Waals surface area contributed by atoms with Gasteiger partial charge in [0.1, 0.15) is 5.00 Å². The third-order valence-corrected chi connectivity index (χ3v) is 5.70. The van der Waals surface area contributed by atoms with E-state index in [-0.39, 0.29) is 12.5 Å². The van der Waals surface area contributed by atoms with Crippen LogP contribution in [0.3, 0.4) is 0 Å². The van der Waals surface area contributed by atoms with Crippen molar-refractivity contribution in [3.63, 3.8) is 0 Å². The van der Waals surface area contributed by atoms with Gasteiger partial charge in [0.05, 0.1) is 25.9 Å². The average molecular weight is 466 g/mol. The fraction of sp³-hybridized carbons (Fsp3) is 0.231. The van der Waals surface area contributed by atoms with Crippen LogP contribution in [0.2, 0.25) is 0 Å². The van der Waals surface area contributed by atoms with Crippen LogP contribution in [0.25, 0.3) is 16.5 Å². The van der Waals surface area contributed by atoms with Gasteiger partial charge in [-0.1, -0.05) is 43.3 Å². The minimum absolute atomic E-state index is 0.252. The van der Waals surface area contributed by atoms with Gasteiger partial charge in [0.2, 0.25) is 5.91 Å². The van der Waals surface area contributed by atoms with E-state index in [0.717, 1.165) is 22.4 Å². The number of thiophene rings is 1. The van der Waals surface area contributed by atoms with Crippen LogP contribution in [0.15, 0.2) is 60.7 Å². The molecule has 0 spiro atoms. The number of hydrogen-bond acceptors (Lipinski definition) is 6. The second-order valence-electron chi connectivity index (χ2n) is 7.02. The molecule has 1 heterocycles. The van der Waals surface area contributed by atoms with E-state index in [2.05, 4.69) is 5.32 Å². The van der Waals surface area contributed by atoms with E-state index in [9.17, 15) is 9.59 Å². The zero-order valence-corrected chi connectivity index (χ0v) is 19.7. The molecule has 1 N–H and O–H groups in total. The largest absolute Gasteiger partial charge is 0.493 e. The van der Waals surface area contributed by atoms with Crippen LogP contribution >= 0.6 is 11.3 Å². The number of carbonyl (C=O) groups is 2. The number of hydrogen-bond donors (Lipinski definition) is 1. The van der Waals surface area contributed by atoms with E-state index in [1.807, 2.05) is 49.4 Å². The Hall–Kier alpha value is -3.58. The Kier molecular flexibility index (Phi) is 8.66. The minimum Gasteiger partial charge on any atom is -0.493 e. The van der Waals surface area contributed by atoms with Gasteiger partial charge in [0, 0.05) is 11.0 Å². The lowest BCUT2D eigenvalue weighted by Crippen LogP contribution is -2.11. The highest BCUT2D eigenvalue weighted by Crippen LogP contribution is 2.36. The number of carbonyl (C=O) groups excluding carboxylic acids is 2. The Balaban J connectivity index is 1.78. The summed E-state index contributed by atoms with van der Waals surface area (Å²) >= 11 is 1.33. The second kappa shape index (κ2) is 11.9. The number of ether oxygens (including phenoxy) is 3. The molecule has 3 rings (SSSR count). The number of nitrogens with one attached hydrogen (secondary N) is 1. The molecule has 1 aromatic heterocycles. The number of rotatable bonds is 10. The van der Waals surface area contributed by atoms with Gasteiger partial charge >= 0.3 is 5.97 Å². The quantitative estimate of drug-likeness (QED) is 0.292. The minimum atomic E-state index is -0.470. The van der Waals surface area contributed by atoms with Crippen molar-refractivity contribution in [1.29, 1.82) is 0 Å². The van der Waals surface area contributed by atoms with Gasteiger partial charge in [-0.15, -0.1) is 11.3 Å². The van der Waals surface area contributed by atoms with Crippen LogP contribution in [0.1, 0.15) is 36.2 Å². The van der Waals surface area contributed by atoms with Crippen molar-refractivity contribution in [2.24, 2.45) is 0 Å². The zero-order valence-electron chi connectivity index (χ0n) is 18.9. The van der Waals surface area contributed by atoms with Crippen LogP contribution in [0, 0.1) is 0 Å². The summed E-state index contributed by atoms with van der Waals surface area (Å²) in [5, 5.41) is 3.26. The lowest BCUT2D eigenvalue weighted by atomic mass is 10.1. The van der Waals surface area contributed by atoms with Gasteiger partial charge in [-0.3, -0.25) is 4.79 Å². The van der Waals surface area contributed by atoms with Gasteiger partial charge < -0.3 is 19.5 Å². The first-order valence-electron chi connectivity index (χ1n) is 10.7. The Morgan fingerprint density at radius 1 is 1.03 bits per heavy atom. The lowest BCUT2D eigenvalue weighted by molar-refractivity contribution is -0.111. The van der Waals surface area contributed by atoms with Gasteiger partial charge in [0.25, 0.3) is 0 Å². The normalized spacial score (nSPS) is 10.8. The predicted molar refractivity (Wildman–Crippen MR) is 132 cm³/mol. The molecule has 0 aliphatic carbocycles. The topological polar surface area (TPSA) is 73.9 Å². The molecule has 0 aliphatic rings. The first-order valence-corrected chi connectivity index (χ1v) is 11.5. The third kappa shape index (κ3) is 6.46. The third-order valence-electron chi connectivity index (χ3n) is 4.60. The maximum Gasteiger partial charge on any atom is 0.341 e. The van der Waals surface area contributed by atoms with Crippen LogP contribution in [0.4, 0.5) is 5.00 Å². The summed E-state index contributed by atoms with van der Waals surface area (Å²) in [6.45, 7) is 4.63. The maximum absolute atomic E-state index is 12.6. The molecule has 0 radical (unpaired) electrons. The fourth-order valence-electron chi connectivity index (χ4n) is 3.03. The predicted octanol–water partition coefficient (Wildman–Crippen LogP) is 6.04. The molecule has 172 valence electrons. The van der Waals surface area contributed by atoms with E-state index >= 15 is 0 Å². The molecule has 7 heteroatoms. The molecular weight excluding hydrogens is 438 g/mol. The molecule has 1 amide bonds. The highest BCUT2D eigenvalue weighted by Gasteiger charge is 2.19. The molecule has 0 atom stereocenters. The standard InChI is InChI=1S/C26H27NO5S/c1-4-15-32-21-13-11-18(16-22(21)30-3)12-14-24(28)27-25-20(26(29)31-5-2)17-23(33-25)19-9-7-6-8-10-19/h6-14,16-17H,4-5,15H2,1-3H3,(H,27,28). The second-order valence-corrected chi connectivity index (χ2v) is 8.07. The van der Waals surface area contributed by atoms with Gasteiger partial charge in [0.15, 0.2) is 11.5 Å². The Bertz CT molecular complexity index is 1120. The van der Waals surface area contributed by atoms with E-state index in [1.54, 1.807) is 32.2 Å². The number of esters is 1. The first-order chi connectivity index (χ1) is 16.0. The smallest absolute Gasteiger partial charge is 0.341 e. The summed E-state index contributed by atoms with van der Waals surface area (Å²) in [5.41, 5.74) is 2.08. The molecule has 6 nitrogen and oxygen atoms in total. The van der Waals surface area contributed by atoms with Crippen LogP contribution < -0.4 is 14.8 Å². The molecule has 3 aromatic rings. The summed E-state index contributed by atoms with van der Waals surface area (Å²) in [6.07, 6.45) is 3.99. The number of amides is 1. The molecule has 0 saturated carbocycles. The van der Waals surface area contributed by atoms with E-state index in [4.69, 9.17) is 14.2 Å². The molecule has 33 heavy (non-hydrogen) atoms. The molecule has 0 aliphatic heterocycles. The Morgan fingerprint density at radius 3 is 2.52 bits per heavy atom. The van der Waals surface area contributed by atoms with Crippen molar-refractivity contribution in [2.75, 3.05) is 25.6 Å². The first kappa shape index (κ1) is 24.1. The SMILES string of the molecule is CCCOc1ccc(C=CC(=O)Nc2sc(-c3ccccc3)cc2C(=O)OCC)cc1OC. The van der Waals surface area contributed by atoms with Crippen molar-refractivity contribution in [3.8, 4) is 21.9 Å². The highest BCUT2D eigenvalue weighted by atomic mass is 32.1. The molecule has 0 unspecified atom stereocenters. The monoisotopic (exact) mass is 465 g/mol. The number of anilines is 1. The number of methoxy groups -OCH3 is 1. The molecule has 0 fully saturated rings. The van der Waals surface area contributed by atoms with Crippen LogP contribution in [0.5, 0.6) is 11.5 Å². The highest BCUT2D eigenvalue weighted by molar-refractivity contribution is 7.20. The van der Waals surface area contributed by atoms with E-state index < -0.39 is 5.97 Å². The summed E-state index contributed by atoms with van der Waals surface area (Å²) < 4.78 is 16.2. The zero-order chi connectivity index (χ0) is 23.6. The Labute approximate surface area is 197 Å². The Morgan fingerprint density at radius 2 is 1.82 bits per heavy atom. The summed E-state index contributed by atoms with van der Waals surface area (Å²) in [7, 11) is 1.58. The van der Waals surface area contributed by atoms with Crippen molar-refractivity contribution in [3.05, 3.63) is 71.8 Å². The number of benzene rings is 2. The summed E-state index contributed by atoms with van der Waals surface area (Å²) in [5.74, 6) is 0.434. The van der Waals surface area contributed by atoms with Crippen LogP contribution in [-0.4, -0.2) is 32.2 Å². The summed E-state index contributed by atoms with van der Waals surface area (Å²) in [6, 6.07) is 16.9. The van der Waals surface area contributed by atoms with Gasteiger partial charge in [-0.25, -0.2) is 4.79 Å². The van der Waals surface area contributed by atoms with Crippen molar-refractivity contribution in [2.45, 2.75) is 20.3 Å². The lowest BCUT2D eigenvalue weighted by Gasteiger charge is -2.10. The van der Waals surface area contributed by atoms with Crippen molar-refractivity contribution < 1.29 is 23.8 Å². The molecular formula is C26H27NO5S. The summed E-state index contributed by atoms with van der Waals surface area (Å²) in [4.78, 5) is 25.9. The van der Waals surface area contributed by atoms with Crippen molar-refractivity contribution >= 4 is 34.3 Å². The van der Waals surface area contributed by atoms with Gasteiger partial charge in [-0.2, -0.15) is 0 Å². The average Bonchev–Trinajstić information content (AvgIpc) is 3.26. The molecule has 0 saturated heterocycles. The fourth-order valence-corrected chi connectivity index (χ4v) is 4.09. The van der Waals surface area contributed by atoms with Crippen molar-refractivity contribution in [1.82, 2.24) is 0 Å². The molecule has 0 bridgehead atoms. The van der Waals surface area contributed by atoms with Crippen LogP contribution in [-0.2, 0) is 9.53 Å². The van der Waals surface area contributed by atoms with E-state index in [1.165, 1.54) is 17.4 Å². The molecule has 2 aromatic carbocycles. The van der Waals surface area contributed by atoms with E-state index in [0.29, 0.717) is 28.7 Å². The maximum atomic E-state index is 12.6.